The lowest BCUT2D eigenvalue weighted by Gasteiger charge is -2.23. The molecule has 196 valence electrons. The van der Waals surface area contributed by atoms with Gasteiger partial charge in [0.25, 0.3) is 5.91 Å². The Kier molecular flexibility index (Phi) is 8.34. The molecule has 6 nitrogen and oxygen atoms in total. The first-order chi connectivity index (χ1) is 19.2. The molecule has 0 aliphatic heterocycles. The minimum absolute atomic E-state index is 0.0604. The third kappa shape index (κ3) is 6.93. The van der Waals surface area contributed by atoms with Crippen molar-refractivity contribution in [3.8, 4) is 5.75 Å². The molecule has 1 amide bonds. The van der Waals surface area contributed by atoms with Crippen molar-refractivity contribution in [2.45, 2.75) is 19.6 Å². The van der Waals surface area contributed by atoms with Crippen molar-refractivity contribution in [3.05, 3.63) is 142 Å². The van der Waals surface area contributed by atoms with Crippen molar-refractivity contribution < 1.29 is 13.9 Å². The molecule has 0 fully saturated rings. The summed E-state index contributed by atoms with van der Waals surface area (Å²) in [6.07, 6.45) is 0.692. The fourth-order valence-corrected chi connectivity index (χ4v) is 4.45. The molecule has 0 saturated carbocycles. The molecule has 5 rings (SSSR count). The summed E-state index contributed by atoms with van der Waals surface area (Å²) < 4.78 is 11.2. The zero-order valence-corrected chi connectivity index (χ0v) is 21.6. The van der Waals surface area contributed by atoms with Crippen LogP contribution in [0.15, 0.2) is 124 Å². The maximum atomic E-state index is 13.7. The zero-order chi connectivity index (χ0) is 26.9. The largest absolute Gasteiger partial charge is 0.489 e. The van der Waals surface area contributed by atoms with Gasteiger partial charge in [-0.1, -0.05) is 78.9 Å². The minimum Gasteiger partial charge on any atom is -0.489 e. The molecule has 0 aliphatic rings. The van der Waals surface area contributed by atoms with Gasteiger partial charge >= 0.3 is 5.63 Å². The summed E-state index contributed by atoms with van der Waals surface area (Å²) in [7, 11) is 0. The quantitative estimate of drug-likeness (QED) is 0.159. The van der Waals surface area contributed by atoms with Gasteiger partial charge in [0.2, 0.25) is 0 Å². The molecule has 5 aromatic rings. The second kappa shape index (κ2) is 12.6. The van der Waals surface area contributed by atoms with Gasteiger partial charge in [0.15, 0.2) is 0 Å². The Morgan fingerprint density at radius 1 is 0.795 bits per heavy atom. The molecule has 0 aliphatic carbocycles. The highest BCUT2D eigenvalue weighted by atomic mass is 16.5. The van der Waals surface area contributed by atoms with Gasteiger partial charge in [-0.3, -0.25) is 4.79 Å². The van der Waals surface area contributed by atoms with Crippen molar-refractivity contribution in [1.29, 1.82) is 0 Å². The fraction of sp³-hybridized carbons (Fsp3) is 0.152. The summed E-state index contributed by atoms with van der Waals surface area (Å²) in [5.41, 5.74) is 3.58. The SMILES string of the molecule is O=C(c1cccc(OCc2ccccc2)c1)N(CCCNc1cc(=O)oc2ccccc12)Cc1ccccc1. The molecule has 0 saturated heterocycles. The molecule has 0 spiro atoms. The summed E-state index contributed by atoms with van der Waals surface area (Å²) >= 11 is 0. The molecule has 4 aromatic carbocycles. The van der Waals surface area contributed by atoms with Crippen LogP contribution in [0.1, 0.15) is 27.9 Å². The summed E-state index contributed by atoms with van der Waals surface area (Å²) in [6, 6.07) is 36.2. The molecule has 1 N–H and O–H groups in total. The number of hydrogen-bond acceptors (Lipinski definition) is 5. The van der Waals surface area contributed by atoms with Crippen LogP contribution < -0.4 is 15.7 Å². The van der Waals surface area contributed by atoms with Crippen LogP contribution in [0.3, 0.4) is 0 Å². The van der Waals surface area contributed by atoms with Gasteiger partial charge in [0.1, 0.15) is 17.9 Å². The highest BCUT2D eigenvalue weighted by molar-refractivity contribution is 5.94. The number of nitrogens with zero attached hydrogens (tertiary/aromatic N) is 1. The van der Waals surface area contributed by atoms with E-state index < -0.39 is 5.63 Å². The second-order valence-corrected chi connectivity index (χ2v) is 9.27. The van der Waals surface area contributed by atoms with Crippen molar-refractivity contribution in [1.82, 2.24) is 4.90 Å². The molecule has 0 radical (unpaired) electrons. The van der Waals surface area contributed by atoms with Gasteiger partial charge in [-0.25, -0.2) is 4.79 Å². The topological polar surface area (TPSA) is 71.8 Å². The molecule has 1 aromatic heterocycles. The van der Waals surface area contributed by atoms with Gasteiger partial charge in [0.05, 0.1) is 5.69 Å². The van der Waals surface area contributed by atoms with Gasteiger partial charge < -0.3 is 19.4 Å². The van der Waals surface area contributed by atoms with Crippen molar-refractivity contribution in [2.24, 2.45) is 0 Å². The molecule has 0 unspecified atom stereocenters. The number of rotatable bonds is 11. The number of benzene rings is 4. The third-order valence-corrected chi connectivity index (χ3v) is 6.40. The van der Waals surface area contributed by atoms with E-state index in [-0.39, 0.29) is 5.91 Å². The second-order valence-electron chi connectivity index (χ2n) is 9.27. The van der Waals surface area contributed by atoms with E-state index in [2.05, 4.69) is 5.32 Å². The molecule has 6 heteroatoms. The summed E-state index contributed by atoms with van der Waals surface area (Å²) in [5.74, 6) is 0.593. The highest BCUT2D eigenvalue weighted by Crippen LogP contribution is 2.21. The van der Waals surface area contributed by atoms with E-state index in [1.807, 2.05) is 102 Å². The van der Waals surface area contributed by atoms with Gasteiger partial charge in [-0.05, 0) is 47.9 Å². The fourth-order valence-electron chi connectivity index (χ4n) is 4.45. The summed E-state index contributed by atoms with van der Waals surface area (Å²) in [6.45, 7) is 2.05. The van der Waals surface area contributed by atoms with Crippen molar-refractivity contribution >= 4 is 22.6 Å². The molecule has 0 atom stereocenters. The van der Waals surface area contributed by atoms with Gasteiger partial charge in [0, 0.05) is 36.7 Å². The van der Waals surface area contributed by atoms with Crippen LogP contribution in [-0.4, -0.2) is 23.9 Å². The number of fused-ring (bicyclic) bond motifs is 1. The Labute approximate surface area is 227 Å². The molecule has 0 bridgehead atoms. The van der Waals surface area contributed by atoms with Gasteiger partial charge in [-0.15, -0.1) is 0 Å². The zero-order valence-electron chi connectivity index (χ0n) is 21.6. The number of carbonyl (C=O) groups is 1. The van der Waals surface area contributed by atoms with Crippen LogP contribution in [0.5, 0.6) is 5.75 Å². The predicted molar refractivity (Wildman–Crippen MR) is 154 cm³/mol. The van der Waals surface area contributed by atoms with Crippen LogP contribution >= 0.6 is 0 Å². The van der Waals surface area contributed by atoms with E-state index in [0.29, 0.717) is 49.6 Å². The van der Waals surface area contributed by atoms with Crippen molar-refractivity contribution in [3.63, 3.8) is 0 Å². The lowest BCUT2D eigenvalue weighted by Crippen LogP contribution is -2.32. The number of carbonyl (C=O) groups excluding carboxylic acids is 1. The Morgan fingerprint density at radius 2 is 1.51 bits per heavy atom. The van der Waals surface area contributed by atoms with E-state index in [1.54, 1.807) is 12.1 Å². The first-order valence-corrected chi connectivity index (χ1v) is 13.0. The Balaban J connectivity index is 1.27. The van der Waals surface area contributed by atoms with E-state index in [9.17, 15) is 9.59 Å². The number of ether oxygens (including phenoxy) is 1. The Hall–Kier alpha value is -4.84. The first kappa shape index (κ1) is 25.8. The maximum Gasteiger partial charge on any atom is 0.338 e. The van der Waals surface area contributed by atoms with Crippen LogP contribution in [0.4, 0.5) is 5.69 Å². The summed E-state index contributed by atoms with van der Waals surface area (Å²) in [5, 5.41) is 4.20. The van der Waals surface area contributed by atoms with E-state index in [0.717, 1.165) is 22.2 Å². The normalized spacial score (nSPS) is 10.8. The van der Waals surface area contributed by atoms with E-state index in [1.165, 1.54) is 6.07 Å². The average molecular weight is 519 g/mol. The number of nitrogens with one attached hydrogen (secondary N) is 1. The Morgan fingerprint density at radius 3 is 2.31 bits per heavy atom. The highest BCUT2D eigenvalue weighted by Gasteiger charge is 2.17. The van der Waals surface area contributed by atoms with E-state index >= 15 is 0 Å². The molecule has 39 heavy (non-hydrogen) atoms. The number of amides is 1. The predicted octanol–water partition coefficient (Wildman–Crippen LogP) is 6.52. The smallest absolute Gasteiger partial charge is 0.338 e. The van der Waals surface area contributed by atoms with Crippen LogP contribution in [0.2, 0.25) is 0 Å². The minimum atomic E-state index is -0.397. The van der Waals surface area contributed by atoms with Crippen LogP contribution in [0, 0.1) is 0 Å². The number of para-hydroxylation sites is 1. The standard InChI is InChI=1S/C33H30N2O4/c36-32-22-30(29-17-7-8-18-31(29)39-32)34-19-10-20-35(23-25-11-3-1-4-12-25)33(37)27-15-9-16-28(21-27)38-24-26-13-5-2-6-14-26/h1-9,11-18,21-22,34H,10,19-20,23-24H2. The lowest BCUT2D eigenvalue weighted by atomic mass is 10.1. The van der Waals surface area contributed by atoms with Crippen molar-refractivity contribution in [2.75, 3.05) is 18.4 Å². The monoisotopic (exact) mass is 518 g/mol. The summed E-state index contributed by atoms with van der Waals surface area (Å²) in [4.78, 5) is 27.5. The number of anilines is 1. The maximum absolute atomic E-state index is 13.7. The lowest BCUT2D eigenvalue weighted by molar-refractivity contribution is 0.0742. The molecular weight excluding hydrogens is 488 g/mol. The van der Waals surface area contributed by atoms with Crippen LogP contribution in [-0.2, 0) is 13.2 Å². The Bertz CT molecular complexity index is 1580. The van der Waals surface area contributed by atoms with Gasteiger partial charge in [-0.2, -0.15) is 0 Å². The number of hydrogen-bond donors (Lipinski definition) is 1. The molecule has 1 heterocycles. The average Bonchev–Trinajstić information content (AvgIpc) is 2.98. The molecular formula is C33H30N2O4. The van der Waals surface area contributed by atoms with E-state index in [4.69, 9.17) is 9.15 Å². The third-order valence-electron chi connectivity index (χ3n) is 6.40. The first-order valence-electron chi connectivity index (χ1n) is 13.0. The van der Waals surface area contributed by atoms with Crippen LogP contribution in [0.25, 0.3) is 11.0 Å².